The van der Waals surface area contributed by atoms with Gasteiger partial charge in [-0.3, -0.25) is 9.69 Å². The van der Waals surface area contributed by atoms with Gasteiger partial charge in [-0.05, 0) is 12.3 Å². The van der Waals surface area contributed by atoms with Crippen LogP contribution in [0.15, 0.2) is 21.4 Å². The molecule has 7 nitrogen and oxygen atoms in total. The molecule has 2 heterocycles. The Labute approximate surface area is 129 Å². The fraction of sp³-hybridized carbons (Fsp3) is 0.417. The maximum absolute atomic E-state index is 11.9. The van der Waals surface area contributed by atoms with E-state index in [0.29, 0.717) is 4.24 Å². The first kappa shape index (κ1) is 15.9. The van der Waals surface area contributed by atoms with E-state index in [1.807, 2.05) is 0 Å². The van der Waals surface area contributed by atoms with Crippen molar-refractivity contribution in [3.05, 3.63) is 21.4 Å². The smallest absolute Gasteiger partial charge is 0.354 e. The molecule has 2 rings (SSSR count). The number of aliphatic hydroxyl groups is 1. The number of aliphatic hydroxyl groups excluding tert-OH is 1. The lowest BCUT2D eigenvalue weighted by molar-refractivity contribution is -0.156. The molecule has 2 aliphatic heterocycles. The average Bonchev–Trinajstić information content (AvgIpc) is 2.72. The average molecular weight is 331 g/mol. The van der Waals surface area contributed by atoms with Crippen LogP contribution in [0.1, 0.15) is 6.92 Å². The third kappa shape index (κ3) is 2.81. The summed E-state index contributed by atoms with van der Waals surface area (Å²) in [4.78, 5) is 35.4. The Morgan fingerprint density at radius 2 is 2.19 bits per heavy atom. The van der Waals surface area contributed by atoms with Gasteiger partial charge in [0.25, 0.3) is 0 Å². The highest BCUT2D eigenvalue weighted by molar-refractivity contribution is 8.24. The second kappa shape index (κ2) is 6.12. The van der Waals surface area contributed by atoms with E-state index in [1.165, 1.54) is 42.2 Å². The first-order chi connectivity index (χ1) is 9.88. The van der Waals surface area contributed by atoms with Crippen molar-refractivity contribution in [1.82, 2.24) is 4.90 Å². The lowest BCUT2D eigenvalue weighted by Gasteiger charge is -2.43. The number of carboxylic acids is 1. The third-order valence-electron chi connectivity index (χ3n) is 3.05. The van der Waals surface area contributed by atoms with Crippen LogP contribution in [-0.4, -0.2) is 51.5 Å². The number of thioether (sulfide) groups is 2. The van der Waals surface area contributed by atoms with Gasteiger partial charge in [-0.25, -0.2) is 9.59 Å². The van der Waals surface area contributed by atoms with Crippen LogP contribution in [0, 0.1) is 5.92 Å². The predicted octanol–water partition coefficient (Wildman–Crippen LogP) is 0.572. The Bertz CT molecular complexity index is 556. The molecule has 1 saturated heterocycles. The second-order valence-electron chi connectivity index (χ2n) is 4.37. The predicted molar refractivity (Wildman–Crippen MR) is 76.8 cm³/mol. The normalized spacial score (nSPS) is 25.9. The number of carbonyl (C=O) groups is 3. The number of ether oxygens (including phenoxy) is 1. The molecule has 0 bridgehead atoms. The van der Waals surface area contributed by atoms with E-state index in [2.05, 4.69) is 4.74 Å². The van der Waals surface area contributed by atoms with Gasteiger partial charge >= 0.3 is 11.9 Å². The number of esters is 1. The number of fused-ring (bicyclic) bond motifs is 1. The van der Waals surface area contributed by atoms with Crippen molar-refractivity contribution in [1.29, 1.82) is 0 Å². The molecule has 1 amide bonds. The van der Waals surface area contributed by atoms with E-state index < -0.39 is 35.2 Å². The molecule has 114 valence electrons. The Balaban J connectivity index is 2.17. The highest BCUT2D eigenvalue weighted by Crippen LogP contribution is 2.53. The van der Waals surface area contributed by atoms with E-state index in [9.17, 15) is 24.6 Å². The molecular weight excluding hydrogens is 318 g/mol. The number of aliphatic carboxylic acids is 1. The first-order valence-corrected chi connectivity index (χ1v) is 7.71. The zero-order chi connectivity index (χ0) is 15.7. The van der Waals surface area contributed by atoms with Crippen LogP contribution < -0.4 is 0 Å². The molecular formula is C12H13NO6S2. The van der Waals surface area contributed by atoms with Gasteiger partial charge < -0.3 is 14.9 Å². The molecule has 0 aromatic carbocycles. The molecule has 0 aliphatic carbocycles. The van der Waals surface area contributed by atoms with Crippen molar-refractivity contribution in [2.75, 3.05) is 7.11 Å². The number of hydrogen-bond donors (Lipinski definition) is 2. The van der Waals surface area contributed by atoms with Gasteiger partial charge in [0.2, 0.25) is 5.91 Å². The van der Waals surface area contributed by atoms with E-state index in [4.69, 9.17) is 0 Å². The highest BCUT2D eigenvalue weighted by Gasteiger charge is 2.57. The minimum absolute atomic E-state index is 0.105. The molecule has 1 fully saturated rings. The lowest BCUT2D eigenvalue weighted by Crippen LogP contribution is -2.60. The standard InChI is InChI=1S/C12H13NO6S2/c1-5(14)7-9(16)13-8(11(17)18)12(21-10(7)13)20-4-3-6(15)19-2/h3-5,7,10,14H,1-2H3,(H,17,18)/b4-3+/t5-,7+,10-/m1/s1. The minimum atomic E-state index is -1.21. The fourth-order valence-electron chi connectivity index (χ4n) is 2.05. The van der Waals surface area contributed by atoms with Gasteiger partial charge in [0.15, 0.2) is 5.70 Å². The summed E-state index contributed by atoms with van der Waals surface area (Å²) in [5.41, 5.74) is -0.105. The number of nitrogens with zero attached hydrogens (tertiary/aromatic N) is 1. The Hall–Kier alpha value is -1.45. The number of hydrogen-bond acceptors (Lipinski definition) is 7. The molecule has 0 spiro atoms. The van der Waals surface area contributed by atoms with Crippen LogP contribution in [0.4, 0.5) is 0 Å². The van der Waals surface area contributed by atoms with Crippen LogP contribution in [0.5, 0.6) is 0 Å². The summed E-state index contributed by atoms with van der Waals surface area (Å²) in [5.74, 6) is -2.76. The highest BCUT2D eigenvalue weighted by atomic mass is 32.2. The Kier molecular flexibility index (Phi) is 4.64. The topological polar surface area (TPSA) is 104 Å². The fourth-order valence-corrected chi connectivity index (χ4v) is 4.66. The van der Waals surface area contributed by atoms with E-state index in [-0.39, 0.29) is 5.70 Å². The van der Waals surface area contributed by atoms with E-state index >= 15 is 0 Å². The summed E-state index contributed by atoms with van der Waals surface area (Å²) < 4.78 is 4.84. The molecule has 21 heavy (non-hydrogen) atoms. The van der Waals surface area contributed by atoms with Gasteiger partial charge in [-0.1, -0.05) is 23.5 Å². The molecule has 3 atom stereocenters. The number of carboxylic acid groups (broad SMARTS) is 1. The molecule has 0 radical (unpaired) electrons. The number of amides is 1. The quantitative estimate of drug-likeness (QED) is 0.428. The van der Waals surface area contributed by atoms with Crippen molar-refractivity contribution in [3.63, 3.8) is 0 Å². The number of carbonyl (C=O) groups excluding carboxylic acids is 2. The van der Waals surface area contributed by atoms with Gasteiger partial charge in [0, 0.05) is 6.08 Å². The van der Waals surface area contributed by atoms with Crippen LogP contribution in [-0.2, 0) is 19.1 Å². The number of rotatable bonds is 5. The Morgan fingerprint density at radius 3 is 2.71 bits per heavy atom. The monoisotopic (exact) mass is 331 g/mol. The first-order valence-electron chi connectivity index (χ1n) is 5.95. The van der Waals surface area contributed by atoms with E-state index in [0.717, 1.165) is 11.8 Å². The SMILES string of the molecule is COC(=O)/C=C/SC1=C(C(=O)O)N2C(=O)[C@H]([C@@H](C)O)[C@H]2S1. The van der Waals surface area contributed by atoms with Crippen molar-refractivity contribution < 1.29 is 29.3 Å². The summed E-state index contributed by atoms with van der Waals surface area (Å²) in [6, 6.07) is 0. The van der Waals surface area contributed by atoms with Gasteiger partial charge in [-0.15, -0.1) is 0 Å². The summed E-state index contributed by atoms with van der Waals surface area (Å²) >= 11 is 2.23. The second-order valence-corrected chi connectivity index (χ2v) is 6.67. The van der Waals surface area contributed by atoms with Gasteiger partial charge in [0.05, 0.1) is 23.4 Å². The van der Waals surface area contributed by atoms with E-state index in [1.54, 1.807) is 0 Å². The Morgan fingerprint density at radius 1 is 1.52 bits per heavy atom. The van der Waals surface area contributed by atoms with Crippen molar-refractivity contribution in [2.24, 2.45) is 5.92 Å². The van der Waals surface area contributed by atoms with Crippen LogP contribution >= 0.6 is 23.5 Å². The molecule has 0 saturated carbocycles. The largest absolute Gasteiger partial charge is 0.477 e. The summed E-state index contributed by atoms with van der Waals surface area (Å²) in [6.45, 7) is 1.50. The van der Waals surface area contributed by atoms with Crippen molar-refractivity contribution in [2.45, 2.75) is 18.4 Å². The lowest BCUT2D eigenvalue weighted by atomic mass is 9.92. The van der Waals surface area contributed by atoms with Crippen molar-refractivity contribution >= 4 is 41.4 Å². The number of methoxy groups -OCH3 is 1. The van der Waals surface area contributed by atoms with Crippen LogP contribution in [0.3, 0.4) is 0 Å². The number of β-lactam (4-membered cyclic amide) rings is 1. The summed E-state index contributed by atoms with van der Waals surface area (Å²) in [6.07, 6.45) is 0.331. The maximum Gasteiger partial charge on any atom is 0.354 e. The van der Waals surface area contributed by atoms with Gasteiger partial charge in [0.1, 0.15) is 5.37 Å². The zero-order valence-electron chi connectivity index (χ0n) is 11.2. The van der Waals surface area contributed by atoms with Crippen molar-refractivity contribution in [3.8, 4) is 0 Å². The summed E-state index contributed by atoms with van der Waals surface area (Å²) in [5, 5.41) is 19.8. The van der Waals surface area contributed by atoms with Crippen LogP contribution in [0.2, 0.25) is 0 Å². The molecule has 0 aromatic rings. The van der Waals surface area contributed by atoms with Gasteiger partial charge in [-0.2, -0.15) is 0 Å². The van der Waals surface area contributed by atoms with Crippen LogP contribution in [0.25, 0.3) is 0 Å². The molecule has 2 aliphatic rings. The zero-order valence-corrected chi connectivity index (χ0v) is 12.8. The molecule has 2 N–H and O–H groups in total. The molecule has 0 aromatic heterocycles. The molecule has 9 heteroatoms. The summed E-state index contributed by atoms with van der Waals surface area (Å²) in [7, 11) is 1.24. The minimum Gasteiger partial charge on any atom is -0.477 e. The molecule has 0 unspecified atom stereocenters. The maximum atomic E-state index is 11.9. The third-order valence-corrected chi connectivity index (χ3v) is 5.46.